The zero-order chi connectivity index (χ0) is 17.5. The van der Waals surface area contributed by atoms with Gasteiger partial charge in [-0.25, -0.2) is 0 Å². The number of benzene rings is 3. The molecule has 0 spiro atoms. The van der Waals surface area contributed by atoms with Crippen LogP contribution in [0.3, 0.4) is 0 Å². The molecule has 0 aromatic heterocycles. The third kappa shape index (κ3) is 4.30. The summed E-state index contributed by atoms with van der Waals surface area (Å²) in [4.78, 5) is 0. The first-order valence-corrected chi connectivity index (χ1v) is 9.84. The summed E-state index contributed by atoms with van der Waals surface area (Å²) in [5, 5.41) is 8.05. The van der Waals surface area contributed by atoms with E-state index in [1.54, 1.807) is 0 Å². The smallest absolute Gasteiger partial charge is 0.0771 e. The molecule has 0 N–H and O–H groups in total. The van der Waals surface area contributed by atoms with Gasteiger partial charge in [-0.2, -0.15) is 17.5 Å². The Kier molecular flexibility index (Phi) is 6.26. The van der Waals surface area contributed by atoms with Gasteiger partial charge < -0.3 is 0 Å². The summed E-state index contributed by atoms with van der Waals surface area (Å²) in [6.45, 7) is 2.04. The van der Waals surface area contributed by atoms with Crippen molar-refractivity contribution in [1.82, 2.24) is 0 Å². The van der Waals surface area contributed by atoms with Crippen LogP contribution in [0.15, 0.2) is 97.1 Å². The first kappa shape index (κ1) is 17.7. The van der Waals surface area contributed by atoms with Crippen molar-refractivity contribution < 1.29 is 24.2 Å². The van der Waals surface area contributed by atoms with Gasteiger partial charge in [-0.1, -0.05) is 42.5 Å². The molecule has 0 radical (unpaired) electrons. The van der Waals surface area contributed by atoms with Crippen LogP contribution in [0.1, 0.15) is 6.92 Å². The van der Waals surface area contributed by atoms with Crippen LogP contribution in [-0.2, 0) is 24.2 Å². The molecule has 0 atom stereocenters. The second-order valence-corrected chi connectivity index (χ2v) is 7.18. The zero-order valence-electron chi connectivity index (χ0n) is 14.3. The molecule has 0 aliphatic rings. The molecule has 25 heavy (non-hydrogen) atoms. The maximum absolute atomic E-state index is 2.24. The SMILES string of the molecule is C[CH]=[Zr+2].c1ccc2[cH-]ccc2c1.c1ccc2c(c1)[cH-]c1ccccc12. The van der Waals surface area contributed by atoms with Crippen molar-refractivity contribution in [2.24, 2.45) is 0 Å². The minimum absolute atomic E-state index is 1.33. The van der Waals surface area contributed by atoms with Crippen LogP contribution in [0.5, 0.6) is 0 Å². The van der Waals surface area contributed by atoms with E-state index in [2.05, 4.69) is 101 Å². The van der Waals surface area contributed by atoms with Crippen molar-refractivity contribution in [2.45, 2.75) is 6.92 Å². The molecule has 0 saturated heterocycles. The van der Waals surface area contributed by atoms with Crippen molar-refractivity contribution in [2.75, 3.05) is 0 Å². The Morgan fingerprint density at radius 2 is 1.16 bits per heavy atom. The van der Waals surface area contributed by atoms with Crippen LogP contribution >= 0.6 is 0 Å². The second kappa shape index (κ2) is 8.83. The molecule has 0 aliphatic heterocycles. The van der Waals surface area contributed by atoms with E-state index in [9.17, 15) is 0 Å². The van der Waals surface area contributed by atoms with Crippen LogP contribution in [-0.4, -0.2) is 3.71 Å². The van der Waals surface area contributed by atoms with Crippen molar-refractivity contribution in [3.05, 3.63) is 97.1 Å². The van der Waals surface area contributed by atoms with E-state index >= 15 is 0 Å². The average Bonchev–Trinajstić information content (AvgIpc) is 3.27. The Morgan fingerprint density at radius 1 is 0.680 bits per heavy atom. The summed E-state index contributed by atoms with van der Waals surface area (Å²) in [7, 11) is 0. The van der Waals surface area contributed by atoms with E-state index in [4.69, 9.17) is 0 Å². The first-order valence-electron chi connectivity index (χ1n) is 8.42. The van der Waals surface area contributed by atoms with Crippen LogP contribution in [0, 0.1) is 0 Å². The maximum Gasteiger partial charge on any atom is -0.0771 e. The summed E-state index contributed by atoms with van der Waals surface area (Å²) in [6.07, 6.45) is 0. The predicted molar refractivity (Wildman–Crippen MR) is 108 cm³/mol. The third-order valence-electron chi connectivity index (χ3n) is 4.07. The topological polar surface area (TPSA) is 0 Å². The molecular formula is C24H20Zr. The first-order chi connectivity index (χ1) is 12.3. The molecule has 0 nitrogen and oxygen atoms in total. The van der Waals surface area contributed by atoms with Crippen molar-refractivity contribution in [3.8, 4) is 0 Å². The van der Waals surface area contributed by atoms with E-state index in [-0.39, 0.29) is 0 Å². The van der Waals surface area contributed by atoms with E-state index in [0.29, 0.717) is 0 Å². The largest absolute Gasteiger partial charge is 0.168 e. The number of hydrogen-bond acceptors (Lipinski definition) is 0. The van der Waals surface area contributed by atoms with Gasteiger partial charge in [0.2, 0.25) is 0 Å². The average molecular weight is 400 g/mol. The molecule has 5 aromatic carbocycles. The van der Waals surface area contributed by atoms with Crippen molar-refractivity contribution >= 4 is 36.0 Å². The number of rotatable bonds is 0. The third-order valence-corrected chi connectivity index (χ3v) is 4.07. The number of hydrogen-bond donors (Lipinski definition) is 0. The summed E-state index contributed by atoms with van der Waals surface area (Å²) >= 11 is 1.51. The normalized spacial score (nSPS) is 10.0. The molecule has 0 saturated carbocycles. The van der Waals surface area contributed by atoms with Gasteiger partial charge in [0.15, 0.2) is 0 Å². The van der Waals surface area contributed by atoms with Gasteiger partial charge in [0.1, 0.15) is 0 Å². The zero-order valence-corrected chi connectivity index (χ0v) is 16.8. The van der Waals surface area contributed by atoms with E-state index in [1.807, 2.05) is 6.92 Å². The van der Waals surface area contributed by atoms with Crippen LogP contribution in [0.2, 0.25) is 0 Å². The molecule has 5 aromatic rings. The molecule has 0 fully saturated rings. The van der Waals surface area contributed by atoms with Gasteiger partial charge in [0.05, 0.1) is 0 Å². The van der Waals surface area contributed by atoms with Crippen molar-refractivity contribution in [1.29, 1.82) is 0 Å². The van der Waals surface area contributed by atoms with Crippen molar-refractivity contribution in [3.63, 3.8) is 0 Å². The van der Waals surface area contributed by atoms with Crippen LogP contribution in [0.25, 0.3) is 32.3 Å². The van der Waals surface area contributed by atoms with Gasteiger partial charge in [0, 0.05) is 0 Å². The molecule has 0 unspecified atom stereocenters. The Hall–Kier alpha value is -2.11. The molecule has 0 bridgehead atoms. The minimum atomic E-state index is 1.33. The molecule has 120 valence electrons. The van der Waals surface area contributed by atoms with Crippen LogP contribution < -0.4 is 0 Å². The van der Waals surface area contributed by atoms with Gasteiger partial charge >= 0.3 is 34.9 Å². The van der Waals surface area contributed by atoms with Gasteiger partial charge in [0.25, 0.3) is 0 Å². The Balaban J connectivity index is 0.000000133. The van der Waals surface area contributed by atoms with Gasteiger partial charge in [-0.15, -0.1) is 69.4 Å². The quantitative estimate of drug-likeness (QED) is 0.256. The molecule has 0 amide bonds. The monoisotopic (exact) mass is 398 g/mol. The van der Waals surface area contributed by atoms with E-state index < -0.39 is 0 Å². The Bertz CT molecular complexity index is 998. The Labute approximate surface area is 163 Å². The minimum Gasteiger partial charge on any atom is -0.168 e. The standard InChI is InChI=1S/C13H9.C9H7.C2H4.Zr/c1-3-7-12-10(5-1)9-11-6-2-4-8-13(11)12;1-2-5-9-7-3-6-8(9)4-1;1-2;/h1-9H;1-7H;1H,2H3;/q2*-1;;+2. The molecule has 5 rings (SSSR count). The Morgan fingerprint density at radius 3 is 1.72 bits per heavy atom. The van der Waals surface area contributed by atoms with Gasteiger partial charge in [-0.3, -0.25) is 0 Å². The van der Waals surface area contributed by atoms with Crippen LogP contribution in [0.4, 0.5) is 0 Å². The second-order valence-electron chi connectivity index (χ2n) is 5.76. The summed E-state index contributed by atoms with van der Waals surface area (Å²) in [5.41, 5.74) is 0. The molecule has 0 aliphatic carbocycles. The number of fused-ring (bicyclic) bond motifs is 4. The molecular weight excluding hydrogens is 379 g/mol. The summed E-state index contributed by atoms with van der Waals surface area (Å²) in [6, 6.07) is 33.9. The fourth-order valence-electron chi connectivity index (χ4n) is 2.97. The molecule has 1 heteroatoms. The fourth-order valence-corrected chi connectivity index (χ4v) is 2.97. The summed E-state index contributed by atoms with van der Waals surface area (Å²) in [5.74, 6) is 0. The summed E-state index contributed by atoms with van der Waals surface area (Å²) < 4.78 is 2.09. The molecule has 0 heterocycles. The van der Waals surface area contributed by atoms with E-state index in [0.717, 1.165) is 0 Å². The van der Waals surface area contributed by atoms with E-state index in [1.165, 1.54) is 56.6 Å². The maximum atomic E-state index is 2.24. The van der Waals surface area contributed by atoms with Gasteiger partial charge in [-0.05, 0) is 0 Å². The fraction of sp³-hybridized carbons (Fsp3) is 0.0417. The predicted octanol–water partition coefficient (Wildman–Crippen LogP) is 6.63.